The van der Waals surface area contributed by atoms with Gasteiger partial charge in [-0.25, -0.2) is 9.37 Å². The Kier molecular flexibility index (Phi) is 5.11. The van der Waals surface area contributed by atoms with E-state index in [1.165, 1.54) is 12.1 Å². The number of carbonyl (C=O) groups is 2. The first-order valence-electron chi connectivity index (χ1n) is 8.34. The molecule has 0 spiro atoms. The second kappa shape index (κ2) is 7.46. The zero-order chi connectivity index (χ0) is 17.8. The number of aromatic nitrogens is 2. The highest BCUT2D eigenvalue weighted by Crippen LogP contribution is 2.21. The van der Waals surface area contributed by atoms with E-state index in [1.54, 1.807) is 34.0 Å². The van der Waals surface area contributed by atoms with E-state index in [0.29, 0.717) is 24.4 Å². The third-order valence-electron chi connectivity index (χ3n) is 4.36. The fraction of sp³-hybridized carbons (Fsp3) is 0.389. The third-order valence-corrected chi connectivity index (χ3v) is 4.36. The van der Waals surface area contributed by atoms with Crippen molar-refractivity contribution in [3.8, 4) is 0 Å². The van der Waals surface area contributed by atoms with E-state index in [4.69, 9.17) is 0 Å². The second-order valence-corrected chi connectivity index (χ2v) is 6.22. The molecule has 1 N–H and O–H groups in total. The number of hydrogen-bond donors (Lipinski definition) is 1. The lowest BCUT2D eigenvalue weighted by Gasteiger charge is -2.27. The van der Waals surface area contributed by atoms with Crippen LogP contribution < -0.4 is 5.32 Å². The zero-order valence-corrected chi connectivity index (χ0v) is 14.1. The van der Waals surface area contributed by atoms with E-state index >= 15 is 0 Å². The standard InChI is InChI=1S/C18H21FN4O2/c1-22-10-8-20-18(22)17(13-5-4-6-14(19)11-13)21-15(24)12-23-9-3-2-7-16(23)25/h4-6,8,10-11,17H,2-3,7,9,12H2,1H3,(H,21,24). The van der Waals surface area contributed by atoms with Crippen LogP contribution in [-0.2, 0) is 16.6 Å². The van der Waals surface area contributed by atoms with Crippen molar-refractivity contribution in [2.24, 2.45) is 7.05 Å². The highest BCUT2D eigenvalue weighted by atomic mass is 19.1. The van der Waals surface area contributed by atoms with E-state index in [2.05, 4.69) is 10.3 Å². The maximum atomic E-state index is 13.6. The number of benzene rings is 1. The number of aryl methyl sites for hydroxylation is 1. The topological polar surface area (TPSA) is 67.2 Å². The highest BCUT2D eigenvalue weighted by molar-refractivity contribution is 5.85. The van der Waals surface area contributed by atoms with E-state index in [0.717, 1.165) is 12.8 Å². The fourth-order valence-corrected chi connectivity index (χ4v) is 3.05. The molecule has 1 saturated heterocycles. The summed E-state index contributed by atoms with van der Waals surface area (Å²) in [5, 5.41) is 2.89. The smallest absolute Gasteiger partial charge is 0.240 e. The number of piperidine rings is 1. The molecule has 0 saturated carbocycles. The molecule has 3 rings (SSSR count). The van der Waals surface area contributed by atoms with Crippen LogP contribution in [0.15, 0.2) is 36.7 Å². The lowest BCUT2D eigenvalue weighted by molar-refractivity contribution is -0.138. The van der Waals surface area contributed by atoms with Gasteiger partial charge in [0.25, 0.3) is 0 Å². The molecule has 1 aliphatic heterocycles. The molecular weight excluding hydrogens is 323 g/mol. The Morgan fingerprint density at radius 3 is 2.92 bits per heavy atom. The Morgan fingerprint density at radius 1 is 1.40 bits per heavy atom. The molecule has 6 nitrogen and oxygen atoms in total. The van der Waals surface area contributed by atoms with Crippen molar-refractivity contribution in [2.75, 3.05) is 13.1 Å². The molecule has 132 valence electrons. The molecule has 2 amide bonds. The van der Waals surface area contributed by atoms with Crippen molar-refractivity contribution in [3.63, 3.8) is 0 Å². The number of imidazole rings is 1. The van der Waals surface area contributed by atoms with E-state index in [9.17, 15) is 14.0 Å². The molecule has 0 bridgehead atoms. The van der Waals surface area contributed by atoms with Gasteiger partial charge in [-0.2, -0.15) is 0 Å². The van der Waals surface area contributed by atoms with Crippen LogP contribution in [0, 0.1) is 5.82 Å². The van der Waals surface area contributed by atoms with E-state index in [1.807, 2.05) is 7.05 Å². The van der Waals surface area contributed by atoms with Gasteiger partial charge in [-0.1, -0.05) is 12.1 Å². The molecule has 1 atom stereocenters. The predicted octanol–water partition coefficient (Wildman–Crippen LogP) is 1.78. The van der Waals surface area contributed by atoms with E-state index in [-0.39, 0.29) is 24.2 Å². The lowest BCUT2D eigenvalue weighted by atomic mass is 10.1. The van der Waals surface area contributed by atoms with Gasteiger partial charge in [0, 0.05) is 32.4 Å². The molecule has 1 aliphatic rings. The fourth-order valence-electron chi connectivity index (χ4n) is 3.05. The van der Waals surface area contributed by atoms with Crippen molar-refractivity contribution in [2.45, 2.75) is 25.3 Å². The SMILES string of the molecule is Cn1ccnc1C(NC(=O)CN1CCCCC1=O)c1cccc(F)c1. The summed E-state index contributed by atoms with van der Waals surface area (Å²) in [6.07, 6.45) is 5.66. The van der Waals surface area contributed by atoms with Gasteiger partial charge in [0.15, 0.2) is 0 Å². The summed E-state index contributed by atoms with van der Waals surface area (Å²) < 4.78 is 15.4. The Labute approximate surface area is 145 Å². The van der Waals surface area contributed by atoms with Crippen molar-refractivity contribution in [1.82, 2.24) is 19.8 Å². The van der Waals surface area contributed by atoms with Gasteiger partial charge >= 0.3 is 0 Å². The summed E-state index contributed by atoms with van der Waals surface area (Å²) in [6, 6.07) is 5.50. The van der Waals surface area contributed by atoms with Crippen LogP contribution in [0.1, 0.15) is 36.7 Å². The molecule has 1 aromatic heterocycles. The monoisotopic (exact) mass is 344 g/mol. The van der Waals surface area contributed by atoms with Crippen LogP contribution in [0.3, 0.4) is 0 Å². The Morgan fingerprint density at radius 2 is 2.24 bits per heavy atom. The molecule has 0 radical (unpaired) electrons. The van der Waals surface area contributed by atoms with E-state index < -0.39 is 6.04 Å². The minimum atomic E-state index is -0.580. The van der Waals surface area contributed by atoms with Crippen molar-refractivity contribution < 1.29 is 14.0 Å². The minimum Gasteiger partial charge on any atom is -0.341 e. The summed E-state index contributed by atoms with van der Waals surface area (Å²) >= 11 is 0. The number of nitrogens with one attached hydrogen (secondary N) is 1. The lowest BCUT2D eigenvalue weighted by Crippen LogP contribution is -2.44. The maximum Gasteiger partial charge on any atom is 0.240 e. The number of hydrogen-bond acceptors (Lipinski definition) is 3. The number of amides is 2. The average molecular weight is 344 g/mol. The molecule has 1 aromatic carbocycles. The minimum absolute atomic E-state index is 0.000646. The van der Waals surface area contributed by atoms with Crippen molar-refractivity contribution in [3.05, 3.63) is 53.9 Å². The first-order valence-corrected chi connectivity index (χ1v) is 8.34. The molecule has 1 fully saturated rings. The average Bonchev–Trinajstić information content (AvgIpc) is 3.00. The number of halogens is 1. The number of likely N-dealkylation sites (tertiary alicyclic amines) is 1. The first-order chi connectivity index (χ1) is 12.0. The summed E-state index contributed by atoms with van der Waals surface area (Å²) in [6.45, 7) is 0.606. The van der Waals surface area contributed by atoms with Crippen molar-refractivity contribution in [1.29, 1.82) is 0 Å². The van der Waals surface area contributed by atoms with Crippen LogP contribution >= 0.6 is 0 Å². The van der Waals surface area contributed by atoms with Gasteiger partial charge in [-0.3, -0.25) is 9.59 Å². The number of rotatable bonds is 5. The molecule has 2 aromatic rings. The van der Waals surface area contributed by atoms with Gasteiger partial charge < -0.3 is 14.8 Å². The predicted molar refractivity (Wildman–Crippen MR) is 90.0 cm³/mol. The Bertz CT molecular complexity index is 774. The molecule has 0 aliphatic carbocycles. The summed E-state index contributed by atoms with van der Waals surface area (Å²) in [7, 11) is 1.81. The maximum absolute atomic E-state index is 13.6. The summed E-state index contributed by atoms with van der Waals surface area (Å²) in [5.41, 5.74) is 0.604. The molecule has 2 heterocycles. The molecule has 7 heteroatoms. The van der Waals surface area contributed by atoms with Crippen LogP contribution in [0.25, 0.3) is 0 Å². The zero-order valence-electron chi connectivity index (χ0n) is 14.1. The largest absolute Gasteiger partial charge is 0.341 e. The molecule has 25 heavy (non-hydrogen) atoms. The van der Waals surface area contributed by atoms with Gasteiger partial charge in [-0.05, 0) is 30.5 Å². The van der Waals surface area contributed by atoms with Gasteiger partial charge in [-0.15, -0.1) is 0 Å². The Hall–Kier alpha value is -2.70. The van der Waals surface area contributed by atoms with Crippen molar-refractivity contribution >= 4 is 11.8 Å². The van der Waals surface area contributed by atoms with Crippen LogP contribution in [-0.4, -0.2) is 39.4 Å². The van der Waals surface area contributed by atoms with Crippen LogP contribution in [0.2, 0.25) is 0 Å². The summed E-state index contributed by atoms with van der Waals surface area (Å²) in [5.74, 6) is -0.0608. The van der Waals surface area contributed by atoms with Crippen LogP contribution in [0.4, 0.5) is 4.39 Å². The third kappa shape index (κ3) is 4.04. The normalized spacial score (nSPS) is 15.9. The Balaban J connectivity index is 1.79. The first kappa shape index (κ1) is 17.1. The van der Waals surface area contributed by atoms with Gasteiger partial charge in [0.05, 0.1) is 6.54 Å². The second-order valence-electron chi connectivity index (χ2n) is 6.22. The number of nitrogens with zero attached hydrogens (tertiary/aromatic N) is 3. The molecular formula is C18H21FN4O2. The molecule has 1 unspecified atom stereocenters. The summed E-state index contributed by atoms with van der Waals surface area (Å²) in [4.78, 5) is 30.2. The quantitative estimate of drug-likeness (QED) is 0.899. The van der Waals surface area contributed by atoms with Gasteiger partial charge in [0.1, 0.15) is 17.7 Å². The van der Waals surface area contributed by atoms with Gasteiger partial charge in [0.2, 0.25) is 11.8 Å². The number of carbonyl (C=O) groups excluding carboxylic acids is 2. The van der Waals surface area contributed by atoms with Crippen LogP contribution in [0.5, 0.6) is 0 Å². The highest BCUT2D eigenvalue weighted by Gasteiger charge is 2.25.